The summed E-state index contributed by atoms with van der Waals surface area (Å²) in [6.07, 6.45) is -0.707. The number of nitrogens with one attached hydrogen (secondary N) is 2. The summed E-state index contributed by atoms with van der Waals surface area (Å²) in [6.45, 7) is 0. The van der Waals surface area contributed by atoms with E-state index in [9.17, 15) is 17.6 Å². The van der Waals surface area contributed by atoms with Gasteiger partial charge >= 0.3 is 6.18 Å². The lowest BCUT2D eigenvalue weighted by Crippen LogP contribution is -2.13. The van der Waals surface area contributed by atoms with E-state index in [-0.39, 0.29) is 17.6 Å². The molecule has 0 bridgehead atoms. The first-order valence-corrected chi connectivity index (χ1v) is 8.32. The minimum atomic E-state index is -4.61. The minimum absolute atomic E-state index is 0.00304. The maximum absolute atomic E-state index is 14.6. The summed E-state index contributed by atoms with van der Waals surface area (Å²) in [5.41, 5.74) is 0.327. The standard InChI is InChI=1S/C16H14F4N8/c1-21-14-10(16(18,19)20)6-22-15(25-14)24-12-5-13(28-7-23-26-27-28)9(4-11(12)17)8-2-3-8/h4-8H,2-3H2,1H3,(H2,21,22,24,25). The second-order valence-corrected chi connectivity index (χ2v) is 6.25. The fourth-order valence-electron chi connectivity index (χ4n) is 2.82. The molecule has 1 fully saturated rings. The maximum Gasteiger partial charge on any atom is 0.421 e. The third kappa shape index (κ3) is 3.44. The van der Waals surface area contributed by atoms with E-state index in [1.807, 2.05) is 0 Å². The van der Waals surface area contributed by atoms with Gasteiger partial charge in [-0.2, -0.15) is 18.2 Å². The van der Waals surface area contributed by atoms with Gasteiger partial charge in [-0.05, 0) is 46.9 Å². The number of rotatable bonds is 5. The third-order valence-electron chi connectivity index (χ3n) is 4.31. The van der Waals surface area contributed by atoms with Gasteiger partial charge in [0, 0.05) is 13.2 Å². The summed E-state index contributed by atoms with van der Waals surface area (Å²) in [4.78, 5) is 7.45. The summed E-state index contributed by atoms with van der Waals surface area (Å²) < 4.78 is 54.9. The van der Waals surface area contributed by atoms with Gasteiger partial charge in [0.25, 0.3) is 0 Å². The number of aromatic nitrogens is 6. The quantitative estimate of drug-likeness (QED) is 0.642. The molecule has 0 atom stereocenters. The van der Waals surface area contributed by atoms with Crippen molar-refractivity contribution in [3.8, 4) is 5.69 Å². The van der Waals surface area contributed by atoms with Crippen molar-refractivity contribution < 1.29 is 17.6 Å². The first-order valence-electron chi connectivity index (χ1n) is 8.32. The van der Waals surface area contributed by atoms with Gasteiger partial charge in [-0.15, -0.1) is 5.10 Å². The Morgan fingerprint density at radius 3 is 2.61 bits per heavy atom. The molecule has 1 aliphatic carbocycles. The molecule has 0 unspecified atom stereocenters. The van der Waals surface area contributed by atoms with Gasteiger partial charge in [-0.3, -0.25) is 0 Å². The second kappa shape index (κ2) is 6.69. The average molecular weight is 394 g/mol. The van der Waals surface area contributed by atoms with Gasteiger partial charge in [-0.1, -0.05) is 0 Å². The molecule has 1 aromatic carbocycles. The van der Waals surface area contributed by atoms with E-state index in [0.29, 0.717) is 11.9 Å². The van der Waals surface area contributed by atoms with Crippen molar-refractivity contribution in [1.82, 2.24) is 30.2 Å². The van der Waals surface area contributed by atoms with Crippen LogP contribution < -0.4 is 10.6 Å². The predicted molar refractivity (Wildman–Crippen MR) is 91.0 cm³/mol. The molecule has 4 rings (SSSR count). The molecule has 1 saturated carbocycles. The summed E-state index contributed by atoms with van der Waals surface area (Å²) in [5, 5.41) is 16.0. The maximum atomic E-state index is 14.6. The number of halogens is 4. The zero-order valence-electron chi connectivity index (χ0n) is 14.5. The Morgan fingerprint density at radius 2 is 2.00 bits per heavy atom. The Bertz CT molecular complexity index is 999. The summed E-state index contributed by atoms with van der Waals surface area (Å²) in [6, 6.07) is 2.86. The van der Waals surface area contributed by atoms with Gasteiger partial charge in [-0.25, -0.2) is 14.1 Å². The zero-order chi connectivity index (χ0) is 19.9. The van der Waals surface area contributed by atoms with Crippen molar-refractivity contribution in [2.75, 3.05) is 17.7 Å². The monoisotopic (exact) mass is 394 g/mol. The first kappa shape index (κ1) is 18.1. The van der Waals surface area contributed by atoms with Crippen LogP contribution in [0.3, 0.4) is 0 Å². The van der Waals surface area contributed by atoms with Crippen LogP contribution in [0.4, 0.5) is 35.0 Å². The molecule has 146 valence electrons. The van der Waals surface area contributed by atoms with Gasteiger partial charge in [0.15, 0.2) is 0 Å². The Balaban J connectivity index is 1.71. The van der Waals surface area contributed by atoms with Gasteiger partial charge in [0.2, 0.25) is 5.95 Å². The molecule has 0 amide bonds. The average Bonchev–Trinajstić information content (AvgIpc) is 3.36. The Hall–Kier alpha value is -3.31. The van der Waals surface area contributed by atoms with Crippen LogP contribution in [0, 0.1) is 5.82 Å². The van der Waals surface area contributed by atoms with Crippen molar-refractivity contribution in [3.63, 3.8) is 0 Å². The lowest BCUT2D eigenvalue weighted by atomic mass is 10.1. The predicted octanol–water partition coefficient (Wildman–Crippen LogP) is 3.27. The van der Waals surface area contributed by atoms with Crippen LogP contribution in [-0.4, -0.2) is 37.2 Å². The minimum Gasteiger partial charge on any atom is -0.372 e. The largest absolute Gasteiger partial charge is 0.421 e. The fraction of sp³-hybridized carbons (Fsp3) is 0.312. The van der Waals surface area contributed by atoms with Gasteiger partial charge in [0.1, 0.15) is 23.5 Å². The highest BCUT2D eigenvalue weighted by Gasteiger charge is 2.35. The number of hydrogen-bond donors (Lipinski definition) is 2. The first-order chi connectivity index (χ1) is 13.4. The highest BCUT2D eigenvalue weighted by molar-refractivity contribution is 5.63. The molecule has 0 spiro atoms. The van der Waals surface area contributed by atoms with Gasteiger partial charge in [0.05, 0.1) is 11.4 Å². The molecule has 28 heavy (non-hydrogen) atoms. The molecule has 0 saturated heterocycles. The van der Waals surface area contributed by atoms with Crippen LogP contribution >= 0.6 is 0 Å². The summed E-state index contributed by atoms with van der Waals surface area (Å²) in [7, 11) is 1.31. The molecular weight excluding hydrogens is 380 g/mol. The Labute approximate surface area is 156 Å². The molecule has 2 N–H and O–H groups in total. The molecule has 3 aromatic rings. The van der Waals surface area contributed by atoms with Crippen LogP contribution in [0.2, 0.25) is 0 Å². The number of tetrazole rings is 1. The SMILES string of the molecule is CNc1nc(Nc2cc(-n3cnnn3)c(C3CC3)cc2F)ncc1C(F)(F)F. The molecule has 8 nitrogen and oxygen atoms in total. The molecule has 2 aromatic heterocycles. The number of alkyl halides is 3. The Kier molecular flexibility index (Phi) is 4.32. The number of anilines is 3. The Morgan fingerprint density at radius 1 is 1.21 bits per heavy atom. The van der Waals surface area contributed by atoms with E-state index in [1.165, 1.54) is 30.2 Å². The topological polar surface area (TPSA) is 93.4 Å². The van der Waals surface area contributed by atoms with E-state index >= 15 is 0 Å². The normalized spacial score (nSPS) is 14.2. The highest BCUT2D eigenvalue weighted by Crippen LogP contribution is 2.44. The van der Waals surface area contributed by atoms with Crippen LogP contribution in [0.1, 0.15) is 29.9 Å². The second-order valence-electron chi connectivity index (χ2n) is 6.25. The molecule has 1 aliphatic rings. The van der Waals surface area contributed by atoms with Crippen LogP contribution in [-0.2, 0) is 6.18 Å². The molecule has 0 aliphatic heterocycles. The smallest absolute Gasteiger partial charge is 0.372 e. The van der Waals surface area contributed by atoms with Crippen molar-refractivity contribution >= 4 is 17.5 Å². The number of nitrogens with zero attached hydrogens (tertiary/aromatic N) is 6. The van der Waals surface area contributed by atoms with Crippen molar-refractivity contribution in [3.05, 3.63) is 41.6 Å². The molecule has 2 heterocycles. The number of benzene rings is 1. The third-order valence-corrected chi connectivity index (χ3v) is 4.31. The van der Waals surface area contributed by atoms with Crippen molar-refractivity contribution in [2.24, 2.45) is 0 Å². The molecule has 12 heteroatoms. The molecule has 0 radical (unpaired) electrons. The van der Waals surface area contributed by atoms with Crippen molar-refractivity contribution in [2.45, 2.75) is 24.9 Å². The van der Waals surface area contributed by atoms with E-state index in [0.717, 1.165) is 18.4 Å². The van der Waals surface area contributed by atoms with E-state index in [4.69, 9.17) is 0 Å². The molecular formula is C16H14F4N8. The van der Waals surface area contributed by atoms with Crippen LogP contribution in [0.15, 0.2) is 24.7 Å². The van der Waals surface area contributed by atoms with Crippen molar-refractivity contribution in [1.29, 1.82) is 0 Å². The zero-order valence-corrected chi connectivity index (χ0v) is 14.5. The highest BCUT2D eigenvalue weighted by atomic mass is 19.4. The van der Waals surface area contributed by atoms with E-state index in [1.54, 1.807) is 0 Å². The van der Waals surface area contributed by atoms with E-state index in [2.05, 4.69) is 36.1 Å². The lowest BCUT2D eigenvalue weighted by molar-refractivity contribution is -0.137. The van der Waals surface area contributed by atoms with Gasteiger partial charge < -0.3 is 10.6 Å². The van der Waals surface area contributed by atoms with Crippen LogP contribution in [0.5, 0.6) is 0 Å². The summed E-state index contributed by atoms with van der Waals surface area (Å²) >= 11 is 0. The van der Waals surface area contributed by atoms with E-state index < -0.39 is 23.4 Å². The summed E-state index contributed by atoms with van der Waals surface area (Å²) in [5.74, 6) is -0.951. The van der Waals surface area contributed by atoms with Crippen LogP contribution in [0.25, 0.3) is 5.69 Å². The fourth-order valence-corrected chi connectivity index (χ4v) is 2.82. The lowest BCUT2D eigenvalue weighted by Gasteiger charge is -2.15. The number of hydrogen-bond acceptors (Lipinski definition) is 7.